The van der Waals surface area contributed by atoms with Crippen molar-refractivity contribution in [3.8, 4) is 11.4 Å². The van der Waals surface area contributed by atoms with E-state index >= 15 is 0 Å². The molecule has 4 nitrogen and oxygen atoms in total. The van der Waals surface area contributed by atoms with Crippen LogP contribution in [-0.4, -0.2) is 29.5 Å². The number of thioether (sulfide) groups is 1. The number of pyridine rings is 1. The molecule has 0 atom stereocenters. The Bertz CT molecular complexity index is 671. The molecule has 0 unspecified atom stereocenters. The third-order valence-electron chi connectivity index (χ3n) is 4.27. The molecule has 0 bridgehead atoms. The van der Waals surface area contributed by atoms with E-state index in [9.17, 15) is 0 Å². The van der Waals surface area contributed by atoms with Crippen LogP contribution in [0.25, 0.3) is 11.4 Å². The second-order valence-electron chi connectivity index (χ2n) is 6.99. The van der Waals surface area contributed by atoms with Crippen LogP contribution in [0.4, 0.5) is 0 Å². The molecule has 0 amide bonds. The average molecular weight is 348 g/mol. The lowest BCUT2D eigenvalue weighted by Gasteiger charge is -2.36. The molecule has 2 rings (SSSR count). The molecule has 2 aromatic rings. The summed E-state index contributed by atoms with van der Waals surface area (Å²) in [5.74, 6) is 0. The Kier molecular flexibility index (Phi) is 5.60. The maximum absolute atomic E-state index is 6.26. The Morgan fingerprint density at radius 2 is 1.78 bits per heavy atom. The van der Waals surface area contributed by atoms with Gasteiger partial charge in [-0.25, -0.2) is 15.0 Å². The summed E-state index contributed by atoms with van der Waals surface area (Å²) in [5.41, 5.74) is 2.65. The van der Waals surface area contributed by atoms with Crippen LogP contribution in [0.3, 0.4) is 0 Å². The van der Waals surface area contributed by atoms with Crippen molar-refractivity contribution in [3.05, 3.63) is 36.2 Å². The molecular weight excluding hydrogens is 322 g/mol. The molecular formula is C17H25N3OSSi. The van der Waals surface area contributed by atoms with E-state index in [4.69, 9.17) is 9.41 Å². The highest BCUT2D eigenvalue weighted by molar-refractivity contribution is 7.98. The van der Waals surface area contributed by atoms with Gasteiger partial charge in [0.25, 0.3) is 0 Å². The summed E-state index contributed by atoms with van der Waals surface area (Å²) in [7, 11) is -1.77. The summed E-state index contributed by atoms with van der Waals surface area (Å²) in [5, 5.41) is 0.956. The van der Waals surface area contributed by atoms with Gasteiger partial charge >= 0.3 is 0 Å². The predicted octanol–water partition coefficient (Wildman–Crippen LogP) is 4.78. The van der Waals surface area contributed by atoms with E-state index in [-0.39, 0.29) is 5.04 Å². The highest BCUT2D eigenvalue weighted by atomic mass is 32.2. The van der Waals surface area contributed by atoms with E-state index in [1.54, 1.807) is 6.20 Å². The molecule has 2 heterocycles. The van der Waals surface area contributed by atoms with Crippen LogP contribution >= 0.6 is 11.8 Å². The largest absolute Gasteiger partial charge is 0.411 e. The Labute approximate surface area is 144 Å². The summed E-state index contributed by atoms with van der Waals surface area (Å²) in [6.07, 6.45) is 3.74. The molecule has 0 saturated carbocycles. The molecule has 0 fully saturated rings. The van der Waals surface area contributed by atoms with Gasteiger partial charge < -0.3 is 4.43 Å². The SMILES string of the molecule is CSc1nccc(-c2cccc(CO[Si](C)(C)C(C)(C)C)n2)n1. The van der Waals surface area contributed by atoms with Crippen molar-refractivity contribution in [2.45, 2.75) is 50.7 Å². The van der Waals surface area contributed by atoms with Gasteiger partial charge in [0.1, 0.15) is 0 Å². The first kappa shape index (κ1) is 18.1. The highest BCUT2D eigenvalue weighted by Gasteiger charge is 2.37. The smallest absolute Gasteiger partial charge is 0.192 e. The summed E-state index contributed by atoms with van der Waals surface area (Å²) >= 11 is 1.53. The van der Waals surface area contributed by atoms with Gasteiger partial charge in [0.2, 0.25) is 0 Å². The molecule has 0 N–H and O–H groups in total. The van der Waals surface area contributed by atoms with Crippen molar-refractivity contribution in [1.29, 1.82) is 0 Å². The fraction of sp³-hybridized carbons (Fsp3) is 0.471. The average Bonchev–Trinajstić information content (AvgIpc) is 2.52. The molecule has 0 spiro atoms. The molecule has 0 aliphatic heterocycles. The molecule has 2 aromatic heterocycles. The second kappa shape index (κ2) is 7.11. The number of aromatic nitrogens is 3. The van der Waals surface area contributed by atoms with Crippen molar-refractivity contribution >= 4 is 20.1 Å². The van der Waals surface area contributed by atoms with Gasteiger partial charge in [-0.05, 0) is 42.6 Å². The van der Waals surface area contributed by atoms with Crippen LogP contribution in [0.2, 0.25) is 18.1 Å². The van der Waals surface area contributed by atoms with Gasteiger partial charge in [0.05, 0.1) is 23.7 Å². The minimum absolute atomic E-state index is 0.199. The molecule has 0 aromatic carbocycles. The van der Waals surface area contributed by atoms with Crippen molar-refractivity contribution in [3.63, 3.8) is 0 Å². The molecule has 124 valence electrons. The van der Waals surface area contributed by atoms with Gasteiger partial charge in [0, 0.05) is 6.20 Å². The van der Waals surface area contributed by atoms with E-state index in [0.29, 0.717) is 6.61 Å². The minimum atomic E-state index is -1.77. The maximum atomic E-state index is 6.26. The number of hydrogen-bond acceptors (Lipinski definition) is 5. The lowest BCUT2D eigenvalue weighted by Crippen LogP contribution is -2.40. The third-order valence-corrected chi connectivity index (χ3v) is 9.31. The van der Waals surface area contributed by atoms with E-state index in [1.807, 2.05) is 30.5 Å². The van der Waals surface area contributed by atoms with E-state index in [0.717, 1.165) is 22.2 Å². The van der Waals surface area contributed by atoms with Crippen LogP contribution in [0.5, 0.6) is 0 Å². The van der Waals surface area contributed by atoms with E-state index in [1.165, 1.54) is 11.8 Å². The molecule has 0 saturated heterocycles. The topological polar surface area (TPSA) is 47.9 Å². The van der Waals surface area contributed by atoms with Crippen LogP contribution in [0.15, 0.2) is 35.6 Å². The Balaban J connectivity index is 2.17. The number of hydrogen-bond donors (Lipinski definition) is 0. The molecule has 23 heavy (non-hydrogen) atoms. The van der Waals surface area contributed by atoms with Gasteiger partial charge in [-0.3, -0.25) is 0 Å². The quantitative estimate of drug-likeness (QED) is 0.442. The Morgan fingerprint density at radius 3 is 2.43 bits per heavy atom. The van der Waals surface area contributed by atoms with Crippen LogP contribution in [0.1, 0.15) is 26.5 Å². The van der Waals surface area contributed by atoms with Crippen LogP contribution in [0, 0.1) is 0 Å². The fourth-order valence-electron chi connectivity index (χ4n) is 1.76. The van der Waals surface area contributed by atoms with Crippen LogP contribution < -0.4 is 0 Å². The highest BCUT2D eigenvalue weighted by Crippen LogP contribution is 2.37. The minimum Gasteiger partial charge on any atom is -0.411 e. The van der Waals surface area contributed by atoms with Crippen molar-refractivity contribution < 1.29 is 4.43 Å². The standard InChI is InChI=1S/C17H25N3OSSi/c1-17(2,3)23(5,6)21-12-13-8-7-9-14(19-13)15-10-11-18-16(20-15)22-4/h7-11H,12H2,1-6H3. The lowest BCUT2D eigenvalue weighted by molar-refractivity contribution is 0.272. The molecule has 6 heteroatoms. The first-order valence-electron chi connectivity index (χ1n) is 7.70. The number of rotatable bonds is 5. The predicted molar refractivity (Wildman–Crippen MR) is 99.0 cm³/mol. The first-order chi connectivity index (χ1) is 10.7. The molecule has 0 radical (unpaired) electrons. The van der Waals surface area contributed by atoms with E-state index in [2.05, 4.69) is 43.8 Å². The van der Waals surface area contributed by atoms with E-state index < -0.39 is 8.32 Å². The van der Waals surface area contributed by atoms with Crippen LogP contribution in [-0.2, 0) is 11.0 Å². The maximum Gasteiger partial charge on any atom is 0.192 e. The lowest BCUT2D eigenvalue weighted by atomic mass is 10.2. The summed E-state index contributed by atoms with van der Waals surface area (Å²) in [4.78, 5) is 13.4. The van der Waals surface area contributed by atoms with Crippen molar-refractivity contribution in [2.24, 2.45) is 0 Å². The normalized spacial score (nSPS) is 12.4. The summed E-state index contributed by atoms with van der Waals surface area (Å²) in [6, 6.07) is 7.88. The zero-order valence-electron chi connectivity index (χ0n) is 14.8. The van der Waals surface area contributed by atoms with Crippen molar-refractivity contribution in [2.75, 3.05) is 6.26 Å². The molecule has 0 aliphatic rings. The first-order valence-corrected chi connectivity index (χ1v) is 11.8. The van der Waals surface area contributed by atoms with Gasteiger partial charge in [-0.2, -0.15) is 0 Å². The summed E-state index contributed by atoms with van der Waals surface area (Å²) < 4.78 is 6.26. The Morgan fingerprint density at radius 1 is 1.09 bits per heavy atom. The molecule has 0 aliphatic carbocycles. The fourth-order valence-corrected chi connectivity index (χ4v) is 3.05. The zero-order chi connectivity index (χ0) is 17.1. The van der Waals surface area contributed by atoms with Crippen molar-refractivity contribution in [1.82, 2.24) is 15.0 Å². The monoisotopic (exact) mass is 347 g/mol. The third kappa shape index (κ3) is 4.62. The number of nitrogens with zero attached hydrogens (tertiary/aromatic N) is 3. The summed E-state index contributed by atoms with van der Waals surface area (Å²) in [6.45, 7) is 11.8. The van der Waals surface area contributed by atoms with Gasteiger partial charge in [-0.15, -0.1) is 0 Å². The van der Waals surface area contributed by atoms with Gasteiger partial charge in [0.15, 0.2) is 13.5 Å². The Hall–Kier alpha value is -1.24. The zero-order valence-corrected chi connectivity index (χ0v) is 16.6. The second-order valence-corrected chi connectivity index (χ2v) is 12.6. The van der Waals surface area contributed by atoms with Gasteiger partial charge in [-0.1, -0.05) is 38.6 Å².